The van der Waals surface area contributed by atoms with Crippen LogP contribution in [-0.2, 0) is 4.79 Å². The number of amides is 1. The lowest BCUT2D eigenvalue weighted by molar-refractivity contribution is -0.121. The number of rotatable bonds is 8. The van der Waals surface area contributed by atoms with Crippen molar-refractivity contribution in [2.75, 3.05) is 13.1 Å². The third-order valence-corrected chi connectivity index (χ3v) is 3.43. The van der Waals surface area contributed by atoms with Crippen molar-refractivity contribution in [3.05, 3.63) is 35.4 Å². The average Bonchev–Trinajstić information content (AvgIpc) is 2.42. The minimum absolute atomic E-state index is 0.143. The summed E-state index contributed by atoms with van der Waals surface area (Å²) in [5.41, 5.74) is 7.93. The van der Waals surface area contributed by atoms with Gasteiger partial charge in [-0.2, -0.15) is 0 Å². The number of hydrogen-bond acceptors (Lipinski definition) is 2. The van der Waals surface area contributed by atoms with Crippen LogP contribution in [0.5, 0.6) is 0 Å². The van der Waals surface area contributed by atoms with E-state index in [9.17, 15) is 4.79 Å². The molecule has 3 heteroatoms. The topological polar surface area (TPSA) is 55.1 Å². The van der Waals surface area contributed by atoms with Crippen LogP contribution in [0, 0.1) is 6.92 Å². The second kappa shape index (κ2) is 8.70. The smallest absolute Gasteiger partial charge is 0.220 e. The van der Waals surface area contributed by atoms with Crippen LogP contribution in [0.3, 0.4) is 0 Å². The van der Waals surface area contributed by atoms with Gasteiger partial charge in [0.1, 0.15) is 0 Å². The third kappa shape index (κ3) is 5.88. The average molecular weight is 262 g/mol. The lowest BCUT2D eigenvalue weighted by Gasteiger charge is -2.15. The van der Waals surface area contributed by atoms with Gasteiger partial charge in [-0.05, 0) is 44.2 Å². The molecular formula is C16H26N2O. The van der Waals surface area contributed by atoms with Crippen molar-refractivity contribution in [1.29, 1.82) is 0 Å². The maximum Gasteiger partial charge on any atom is 0.220 e. The summed E-state index contributed by atoms with van der Waals surface area (Å²) in [6, 6.07) is 8.48. The van der Waals surface area contributed by atoms with Gasteiger partial charge in [0.2, 0.25) is 5.91 Å². The predicted octanol–water partition coefficient (Wildman–Crippen LogP) is 2.73. The van der Waals surface area contributed by atoms with Crippen molar-refractivity contribution in [1.82, 2.24) is 5.32 Å². The van der Waals surface area contributed by atoms with E-state index < -0.39 is 0 Å². The zero-order chi connectivity index (χ0) is 14.1. The number of nitrogens with one attached hydrogen (secondary N) is 1. The molecule has 0 radical (unpaired) electrons. The normalized spacial score (nSPS) is 12.2. The Morgan fingerprint density at radius 1 is 1.26 bits per heavy atom. The molecule has 1 unspecified atom stereocenters. The molecule has 19 heavy (non-hydrogen) atoms. The molecule has 1 atom stereocenters. The minimum atomic E-state index is 0.143. The van der Waals surface area contributed by atoms with E-state index in [0.717, 1.165) is 25.8 Å². The fraction of sp³-hybridized carbons (Fsp3) is 0.562. The quantitative estimate of drug-likeness (QED) is 0.708. The van der Waals surface area contributed by atoms with E-state index in [2.05, 4.69) is 43.4 Å². The molecule has 0 saturated carbocycles. The van der Waals surface area contributed by atoms with Crippen LogP contribution in [0.4, 0.5) is 0 Å². The first kappa shape index (κ1) is 15.7. The van der Waals surface area contributed by atoms with E-state index in [1.807, 2.05) is 0 Å². The Morgan fingerprint density at radius 3 is 2.53 bits per heavy atom. The second-order valence-electron chi connectivity index (χ2n) is 5.07. The van der Waals surface area contributed by atoms with Crippen molar-refractivity contribution in [3.63, 3.8) is 0 Å². The molecule has 3 nitrogen and oxygen atoms in total. The van der Waals surface area contributed by atoms with Crippen molar-refractivity contribution < 1.29 is 4.79 Å². The zero-order valence-electron chi connectivity index (χ0n) is 12.1. The maximum absolute atomic E-state index is 11.9. The number of hydrogen-bond donors (Lipinski definition) is 2. The molecule has 0 aromatic heterocycles. The molecule has 0 aliphatic rings. The Hall–Kier alpha value is -1.35. The Labute approximate surface area is 116 Å². The molecule has 1 aromatic rings. The van der Waals surface area contributed by atoms with Crippen LogP contribution in [0.25, 0.3) is 0 Å². The number of carbonyl (C=O) groups is 1. The first-order valence-electron chi connectivity index (χ1n) is 7.20. The molecule has 0 spiro atoms. The van der Waals surface area contributed by atoms with Gasteiger partial charge in [-0.25, -0.2) is 0 Å². The number of aryl methyl sites for hydroxylation is 1. The van der Waals surface area contributed by atoms with Gasteiger partial charge < -0.3 is 11.1 Å². The van der Waals surface area contributed by atoms with Crippen molar-refractivity contribution >= 4 is 5.91 Å². The predicted molar refractivity (Wildman–Crippen MR) is 80.1 cm³/mol. The molecule has 0 aliphatic carbocycles. The molecule has 106 valence electrons. The van der Waals surface area contributed by atoms with E-state index in [-0.39, 0.29) is 5.91 Å². The number of unbranched alkanes of at least 4 members (excludes halogenated alkanes) is 1. The highest BCUT2D eigenvalue weighted by molar-refractivity contribution is 5.76. The van der Waals surface area contributed by atoms with Crippen molar-refractivity contribution in [2.24, 2.45) is 5.73 Å². The number of nitrogens with two attached hydrogens (primary N) is 1. The summed E-state index contributed by atoms with van der Waals surface area (Å²) in [5.74, 6) is 0.458. The molecule has 3 N–H and O–H groups in total. The van der Waals surface area contributed by atoms with Crippen LogP contribution >= 0.6 is 0 Å². The van der Waals surface area contributed by atoms with E-state index in [1.165, 1.54) is 11.1 Å². The number of benzene rings is 1. The molecular weight excluding hydrogens is 236 g/mol. The third-order valence-electron chi connectivity index (χ3n) is 3.43. The van der Waals surface area contributed by atoms with E-state index in [0.29, 0.717) is 18.9 Å². The van der Waals surface area contributed by atoms with Crippen LogP contribution in [-0.4, -0.2) is 19.0 Å². The highest BCUT2D eigenvalue weighted by Gasteiger charge is 2.13. The van der Waals surface area contributed by atoms with Crippen LogP contribution in [0.1, 0.15) is 49.7 Å². The Morgan fingerprint density at radius 2 is 1.95 bits per heavy atom. The Bertz CT molecular complexity index is 373. The van der Waals surface area contributed by atoms with Gasteiger partial charge in [0.15, 0.2) is 0 Å². The van der Waals surface area contributed by atoms with E-state index >= 15 is 0 Å². The second-order valence-corrected chi connectivity index (χ2v) is 5.07. The zero-order valence-corrected chi connectivity index (χ0v) is 12.1. The van der Waals surface area contributed by atoms with Gasteiger partial charge in [-0.15, -0.1) is 0 Å². The summed E-state index contributed by atoms with van der Waals surface area (Å²) < 4.78 is 0. The molecule has 0 fully saturated rings. The lowest BCUT2D eigenvalue weighted by Crippen LogP contribution is -2.26. The molecule has 0 saturated heterocycles. The van der Waals surface area contributed by atoms with Crippen LogP contribution in [0.15, 0.2) is 24.3 Å². The summed E-state index contributed by atoms with van der Waals surface area (Å²) in [6.45, 7) is 5.64. The summed E-state index contributed by atoms with van der Waals surface area (Å²) >= 11 is 0. The molecule has 1 aromatic carbocycles. The van der Waals surface area contributed by atoms with Crippen molar-refractivity contribution in [2.45, 2.75) is 45.4 Å². The van der Waals surface area contributed by atoms with E-state index in [1.54, 1.807) is 0 Å². The van der Waals surface area contributed by atoms with Crippen LogP contribution < -0.4 is 11.1 Å². The highest BCUT2D eigenvalue weighted by Crippen LogP contribution is 2.23. The summed E-state index contributed by atoms with van der Waals surface area (Å²) in [4.78, 5) is 11.9. The molecule has 0 bridgehead atoms. The Kier molecular flexibility index (Phi) is 7.19. The van der Waals surface area contributed by atoms with Gasteiger partial charge in [0, 0.05) is 13.0 Å². The largest absolute Gasteiger partial charge is 0.356 e. The summed E-state index contributed by atoms with van der Waals surface area (Å²) in [6.07, 6.45) is 3.49. The number of carbonyl (C=O) groups excluding carboxylic acids is 1. The van der Waals surface area contributed by atoms with Gasteiger partial charge in [-0.1, -0.05) is 36.8 Å². The molecule has 0 aliphatic heterocycles. The Balaban J connectivity index is 2.43. The van der Waals surface area contributed by atoms with Crippen LogP contribution in [0.2, 0.25) is 0 Å². The first-order valence-corrected chi connectivity index (χ1v) is 7.20. The lowest BCUT2D eigenvalue weighted by atomic mass is 9.92. The van der Waals surface area contributed by atoms with Gasteiger partial charge >= 0.3 is 0 Å². The fourth-order valence-corrected chi connectivity index (χ4v) is 2.13. The highest BCUT2D eigenvalue weighted by atomic mass is 16.1. The van der Waals surface area contributed by atoms with Gasteiger partial charge in [0.05, 0.1) is 0 Å². The first-order chi connectivity index (χ1) is 9.17. The van der Waals surface area contributed by atoms with Gasteiger partial charge in [-0.3, -0.25) is 4.79 Å². The standard InChI is InChI=1S/C16H26N2O/c1-3-14(15-8-6-13(2)7-9-15)12-16(19)18-11-5-4-10-17/h6-9,14H,3-5,10-12,17H2,1-2H3,(H,18,19). The molecule has 1 amide bonds. The van der Waals surface area contributed by atoms with E-state index in [4.69, 9.17) is 5.73 Å². The monoisotopic (exact) mass is 262 g/mol. The SMILES string of the molecule is CCC(CC(=O)NCCCCN)c1ccc(C)cc1. The maximum atomic E-state index is 11.9. The van der Waals surface area contributed by atoms with Crippen molar-refractivity contribution in [3.8, 4) is 0 Å². The fourth-order valence-electron chi connectivity index (χ4n) is 2.13. The molecule has 0 heterocycles. The summed E-state index contributed by atoms with van der Waals surface area (Å²) in [5, 5.41) is 2.97. The molecule has 1 rings (SSSR count). The summed E-state index contributed by atoms with van der Waals surface area (Å²) in [7, 11) is 0. The van der Waals surface area contributed by atoms with Gasteiger partial charge in [0.25, 0.3) is 0 Å². The minimum Gasteiger partial charge on any atom is -0.356 e.